The summed E-state index contributed by atoms with van der Waals surface area (Å²) in [5.41, 5.74) is 1.44. The summed E-state index contributed by atoms with van der Waals surface area (Å²) in [6.45, 7) is 18.8. The van der Waals surface area contributed by atoms with Crippen LogP contribution in [0.5, 0.6) is 0 Å². The Morgan fingerprint density at radius 2 is 1.81 bits per heavy atom. The molecule has 7 rings (SSSR count). The number of hydrogen-bond acceptors (Lipinski definition) is 12. The maximum absolute atomic E-state index is 14.6. The molecule has 4 bridgehead atoms. The van der Waals surface area contributed by atoms with Crippen molar-refractivity contribution in [3.8, 4) is 0 Å². The van der Waals surface area contributed by atoms with E-state index in [9.17, 15) is 14.7 Å². The highest BCUT2D eigenvalue weighted by atomic mass is 16.7. The number of benzene rings is 1. The van der Waals surface area contributed by atoms with Gasteiger partial charge in [0.1, 0.15) is 12.2 Å². The summed E-state index contributed by atoms with van der Waals surface area (Å²) in [4.78, 5) is 37.2. The molecular weight excluding hydrogens is 741 g/mol. The number of ether oxygens (including phenoxy) is 6. The Bertz CT molecular complexity index is 1660. The fraction of sp³-hybridized carbons (Fsp3) is 0.800. The van der Waals surface area contributed by atoms with Crippen LogP contribution in [0.3, 0.4) is 0 Å². The minimum absolute atomic E-state index is 0.0254. The third-order valence-corrected chi connectivity index (χ3v) is 14.5. The molecule has 13 heteroatoms. The van der Waals surface area contributed by atoms with E-state index < -0.39 is 71.8 Å². The third kappa shape index (κ3) is 8.29. The van der Waals surface area contributed by atoms with Gasteiger partial charge in [0.25, 0.3) is 0 Å². The molecule has 324 valence electrons. The Labute approximate surface area is 345 Å². The van der Waals surface area contributed by atoms with E-state index in [2.05, 4.69) is 57.3 Å². The highest BCUT2D eigenvalue weighted by molar-refractivity contribution is 5.91. The zero-order valence-electron chi connectivity index (χ0n) is 36.5. The molecule has 6 aliphatic heterocycles. The quantitative estimate of drug-likeness (QED) is 0.349. The number of anilines is 1. The van der Waals surface area contributed by atoms with Crippen molar-refractivity contribution in [1.82, 2.24) is 9.80 Å². The number of esters is 1. The molecule has 58 heavy (non-hydrogen) atoms. The van der Waals surface area contributed by atoms with E-state index in [4.69, 9.17) is 33.4 Å². The highest BCUT2D eigenvalue weighted by Crippen LogP contribution is 2.45. The number of rotatable bonds is 6. The molecule has 0 spiro atoms. The molecule has 1 amide bonds. The minimum atomic E-state index is -1.09. The van der Waals surface area contributed by atoms with Gasteiger partial charge < -0.3 is 43.7 Å². The van der Waals surface area contributed by atoms with Crippen molar-refractivity contribution in [2.24, 2.45) is 40.5 Å². The lowest BCUT2D eigenvalue weighted by Gasteiger charge is -2.48. The number of likely N-dealkylation sites (N-methyl/N-ethyl adjacent to an activating group) is 1. The molecule has 2 unspecified atom stereocenters. The molecule has 4 fully saturated rings. The van der Waals surface area contributed by atoms with Crippen LogP contribution in [-0.4, -0.2) is 140 Å². The lowest BCUT2D eigenvalue weighted by atomic mass is 9.72. The second-order valence-electron chi connectivity index (χ2n) is 19.1. The van der Waals surface area contributed by atoms with E-state index in [1.165, 1.54) is 11.3 Å². The molecule has 0 aliphatic carbocycles. The smallest absolute Gasteiger partial charge is 0.410 e. The third-order valence-electron chi connectivity index (χ3n) is 14.5. The van der Waals surface area contributed by atoms with Crippen LogP contribution in [0.15, 0.2) is 29.3 Å². The predicted molar refractivity (Wildman–Crippen MR) is 221 cm³/mol. The number of carbonyl (C=O) groups is 2. The lowest BCUT2D eigenvalue weighted by Crippen LogP contribution is -2.60. The monoisotopic (exact) mass is 811 g/mol. The zero-order valence-corrected chi connectivity index (χ0v) is 36.5. The first kappa shape index (κ1) is 43.3. The highest BCUT2D eigenvalue weighted by Gasteiger charge is 2.60. The number of fused-ring (bicyclic) bond motifs is 5. The van der Waals surface area contributed by atoms with Gasteiger partial charge in [-0.2, -0.15) is 0 Å². The molecule has 4 saturated heterocycles. The van der Waals surface area contributed by atoms with Gasteiger partial charge in [-0.3, -0.25) is 14.7 Å². The number of aliphatic hydroxyl groups is 1. The number of cyclic esters (lactones) is 1. The van der Waals surface area contributed by atoms with Crippen LogP contribution in [0, 0.1) is 35.5 Å². The average molecular weight is 811 g/mol. The number of carbonyl (C=O) groups excluding carboxylic acids is 2. The largest absolute Gasteiger partial charge is 0.458 e. The molecule has 0 aromatic heterocycles. The average Bonchev–Trinajstić information content (AvgIpc) is 3.33. The number of nitrogens with zero attached hydrogens (tertiary/aromatic N) is 3. The Hall–Kier alpha value is -2.81. The van der Waals surface area contributed by atoms with E-state index >= 15 is 0 Å². The van der Waals surface area contributed by atoms with Crippen molar-refractivity contribution in [2.75, 3.05) is 52.3 Å². The van der Waals surface area contributed by atoms with Crippen LogP contribution in [0.1, 0.15) is 86.6 Å². The van der Waals surface area contributed by atoms with E-state index in [1.54, 1.807) is 4.90 Å². The summed E-state index contributed by atoms with van der Waals surface area (Å²) in [6.07, 6.45) is -0.942. The van der Waals surface area contributed by atoms with Gasteiger partial charge in [0.2, 0.25) is 0 Å². The predicted octanol–water partition coefficient (Wildman–Crippen LogP) is 5.57. The van der Waals surface area contributed by atoms with E-state index in [0.717, 1.165) is 25.1 Å². The Morgan fingerprint density at radius 1 is 1.05 bits per heavy atom. The van der Waals surface area contributed by atoms with E-state index in [0.29, 0.717) is 51.5 Å². The first-order chi connectivity index (χ1) is 27.5. The van der Waals surface area contributed by atoms with Gasteiger partial charge in [0.15, 0.2) is 11.9 Å². The van der Waals surface area contributed by atoms with Crippen LogP contribution in [0.25, 0.3) is 0 Å². The van der Waals surface area contributed by atoms with E-state index in [-0.39, 0.29) is 29.9 Å². The van der Waals surface area contributed by atoms with Crippen LogP contribution < -0.4 is 5.32 Å². The maximum atomic E-state index is 14.6. The van der Waals surface area contributed by atoms with Crippen molar-refractivity contribution >= 4 is 23.5 Å². The van der Waals surface area contributed by atoms with Crippen LogP contribution >= 0.6 is 0 Å². The molecule has 0 saturated carbocycles. The number of para-hydroxylation sites is 1. The summed E-state index contributed by atoms with van der Waals surface area (Å²) in [6, 6.07) is 7.93. The van der Waals surface area contributed by atoms with Crippen LogP contribution in [-0.2, 0) is 39.6 Å². The summed E-state index contributed by atoms with van der Waals surface area (Å²) in [7, 11) is 3.94. The topological polar surface area (TPSA) is 141 Å². The Morgan fingerprint density at radius 3 is 2.55 bits per heavy atom. The molecule has 2 N–H and O–H groups in total. The number of nitrogens with one attached hydrogen (secondary N) is 1. The number of aliphatic imine (C=N–C) groups is 1. The summed E-state index contributed by atoms with van der Waals surface area (Å²) in [5, 5.41) is 15.5. The van der Waals surface area contributed by atoms with Crippen molar-refractivity contribution < 1.29 is 43.1 Å². The number of amides is 1. The van der Waals surface area contributed by atoms with Gasteiger partial charge in [-0.15, -0.1) is 0 Å². The molecule has 16 atom stereocenters. The molecule has 1 aromatic rings. The second-order valence-corrected chi connectivity index (χ2v) is 19.1. The molecular formula is C45H70N4O9. The Balaban J connectivity index is 1.30. The molecule has 6 aliphatic rings. The standard InChI is InChI=1S/C45H70N4O9/c1-11-35-45(8)39-27(4)36(46-16-17-49(39)43(52)58-45)25(2)21-44(7)40(57-42-37(50)34(48(9)10)18-26(3)55-42)28(5)38(29(6)41(51)56-35)53-23-31(24-54-44)19-30-20-32-14-12-13-15-33(32)47-22-30/h12-15,25-31,34-35,37-40,42,47,50H,11,16-24H2,1-10H3/t25-,26+,27+,28-,29-,30?,31?,34-,35+,37+,38+,39-,40+,42-,44-,45-/m1/s1. The SMILES string of the molecule is CC[C@@H]1OC(=O)[C@H](C)[C@H]2OCC(CC3CNc4ccccc4C3)CO[C@](C)(C[C@@H](C)C3=NCCN4C(=O)O[C@@]1(C)[C@H]4[C@H]3C)[C@@H](O[C@H]1O[C@@H](C)C[C@@H](N(C)C)[C@@H]1O)[C@@H]2C. The minimum Gasteiger partial charge on any atom is -0.458 e. The zero-order chi connectivity index (χ0) is 41.7. The Kier molecular flexibility index (Phi) is 12.9. The fourth-order valence-corrected chi connectivity index (χ4v) is 11.6. The summed E-state index contributed by atoms with van der Waals surface area (Å²) in [5.74, 6) is -1.44. The van der Waals surface area contributed by atoms with Crippen molar-refractivity contribution in [3.63, 3.8) is 0 Å². The lowest BCUT2D eigenvalue weighted by molar-refractivity contribution is -0.302. The van der Waals surface area contributed by atoms with Gasteiger partial charge in [0, 0.05) is 48.3 Å². The van der Waals surface area contributed by atoms with Gasteiger partial charge in [-0.05, 0) is 97.4 Å². The van der Waals surface area contributed by atoms with Crippen LogP contribution in [0.2, 0.25) is 0 Å². The molecule has 1 aromatic carbocycles. The summed E-state index contributed by atoms with van der Waals surface area (Å²) >= 11 is 0. The second kappa shape index (κ2) is 17.3. The van der Waals surface area contributed by atoms with Crippen molar-refractivity contribution in [1.29, 1.82) is 0 Å². The van der Waals surface area contributed by atoms with Crippen LogP contribution in [0.4, 0.5) is 10.5 Å². The van der Waals surface area contributed by atoms with Gasteiger partial charge in [-0.25, -0.2) is 4.79 Å². The van der Waals surface area contributed by atoms with Gasteiger partial charge >= 0.3 is 12.1 Å². The first-order valence-corrected chi connectivity index (χ1v) is 22.0. The molecule has 0 radical (unpaired) electrons. The first-order valence-electron chi connectivity index (χ1n) is 22.0. The van der Waals surface area contributed by atoms with Gasteiger partial charge in [0.05, 0.1) is 55.6 Å². The van der Waals surface area contributed by atoms with E-state index in [1.807, 2.05) is 46.7 Å². The van der Waals surface area contributed by atoms with Crippen molar-refractivity contribution in [3.05, 3.63) is 29.8 Å². The molecule has 13 nitrogen and oxygen atoms in total. The van der Waals surface area contributed by atoms with Crippen molar-refractivity contribution in [2.45, 2.75) is 148 Å². The normalized spacial score (nSPS) is 43.7. The number of aliphatic hydroxyl groups excluding tert-OH is 1. The van der Waals surface area contributed by atoms with Gasteiger partial charge in [-0.1, -0.05) is 45.9 Å². The fourth-order valence-electron chi connectivity index (χ4n) is 11.6. The maximum Gasteiger partial charge on any atom is 0.410 e. The number of hydrogen-bond donors (Lipinski definition) is 2. The molecule has 6 heterocycles. The summed E-state index contributed by atoms with van der Waals surface area (Å²) < 4.78 is 40.6.